The van der Waals surface area contributed by atoms with Gasteiger partial charge >= 0.3 is 0 Å². The van der Waals surface area contributed by atoms with Gasteiger partial charge in [-0.05, 0) is 35.0 Å². The molecule has 2 amide bonds. The number of hydrogen-bond acceptors (Lipinski definition) is 3. The molecule has 88 valence electrons. The second-order valence-electron chi connectivity index (χ2n) is 3.10. The van der Waals surface area contributed by atoms with E-state index in [2.05, 4.69) is 21.2 Å². The molecule has 1 aromatic heterocycles. The van der Waals surface area contributed by atoms with Gasteiger partial charge in [0.25, 0.3) is 5.91 Å². The monoisotopic (exact) mass is 288 g/mol. The molecule has 0 spiro atoms. The van der Waals surface area contributed by atoms with Gasteiger partial charge < -0.3 is 14.6 Å². The molecule has 1 aromatic rings. The second kappa shape index (κ2) is 5.69. The lowest BCUT2D eigenvalue weighted by molar-refractivity contribution is -0.121. The molecule has 0 saturated heterocycles. The molecule has 0 saturated carbocycles. The van der Waals surface area contributed by atoms with Crippen molar-refractivity contribution in [2.45, 2.75) is 6.92 Å². The summed E-state index contributed by atoms with van der Waals surface area (Å²) < 4.78 is 5.63. The van der Waals surface area contributed by atoms with Gasteiger partial charge in [-0.2, -0.15) is 0 Å². The highest BCUT2D eigenvalue weighted by molar-refractivity contribution is 9.10. The maximum Gasteiger partial charge on any atom is 0.290 e. The van der Waals surface area contributed by atoms with Crippen molar-refractivity contribution in [1.29, 1.82) is 0 Å². The average molecular weight is 289 g/mol. The van der Waals surface area contributed by atoms with Crippen LogP contribution >= 0.6 is 15.9 Å². The van der Waals surface area contributed by atoms with Gasteiger partial charge in [-0.1, -0.05) is 0 Å². The van der Waals surface area contributed by atoms with Crippen LogP contribution in [-0.2, 0) is 4.79 Å². The second-order valence-corrected chi connectivity index (χ2v) is 3.88. The van der Waals surface area contributed by atoms with Gasteiger partial charge in [-0.15, -0.1) is 0 Å². The Kier molecular flexibility index (Phi) is 4.54. The van der Waals surface area contributed by atoms with Crippen molar-refractivity contribution in [3.8, 4) is 0 Å². The largest absolute Gasteiger partial charge is 0.444 e. The maximum atomic E-state index is 11.9. The molecule has 0 unspecified atom stereocenters. The molecule has 0 radical (unpaired) electrons. The third kappa shape index (κ3) is 3.10. The van der Waals surface area contributed by atoms with Crippen LogP contribution in [-0.4, -0.2) is 36.9 Å². The molecule has 0 aromatic carbocycles. The molecule has 6 heteroatoms. The summed E-state index contributed by atoms with van der Waals surface area (Å²) in [6.07, 6.45) is 0. The number of carbonyl (C=O) groups excluding carboxylic acids is 2. The topological polar surface area (TPSA) is 62.6 Å². The van der Waals surface area contributed by atoms with Crippen LogP contribution in [0, 0.1) is 0 Å². The Morgan fingerprint density at radius 2 is 2.19 bits per heavy atom. The summed E-state index contributed by atoms with van der Waals surface area (Å²) in [6, 6.07) is 3.21. The van der Waals surface area contributed by atoms with Crippen molar-refractivity contribution in [2.24, 2.45) is 0 Å². The van der Waals surface area contributed by atoms with E-state index in [1.807, 2.05) is 0 Å². The van der Waals surface area contributed by atoms with E-state index in [1.165, 1.54) is 11.9 Å². The number of nitrogens with zero attached hydrogens (tertiary/aromatic N) is 1. The Hall–Kier alpha value is -1.30. The minimum atomic E-state index is -0.295. The molecule has 1 heterocycles. The minimum absolute atomic E-state index is 0.0319. The predicted molar refractivity (Wildman–Crippen MR) is 62.1 cm³/mol. The summed E-state index contributed by atoms with van der Waals surface area (Å²) in [6.45, 7) is 2.29. The van der Waals surface area contributed by atoms with Crippen molar-refractivity contribution in [2.75, 3.05) is 20.1 Å². The van der Waals surface area contributed by atoms with E-state index >= 15 is 0 Å². The number of hydrogen-bond donors (Lipinski definition) is 1. The predicted octanol–water partition coefficient (Wildman–Crippen LogP) is 1.25. The lowest BCUT2D eigenvalue weighted by Crippen LogP contribution is -2.39. The lowest BCUT2D eigenvalue weighted by Gasteiger charge is -2.18. The van der Waals surface area contributed by atoms with Crippen LogP contribution < -0.4 is 5.32 Å². The Bertz CT molecular complexity index is 389. The fourth-order valence-corrected chi connectivity index (χ4v) is 1.47. The molecule has 0 aliphatic carbocycles. The summed E-state index contributed by atoms with van der Waals surface area (Å²) in [7, 11) is 1.53. The Labute approximate surface area is 102 Å². The molecule has 0 aliphatic rings. The zero-order valence-electron chi connectivity index (χ0n) is 9.12. The fourth-order valence-electron chi connectivity index (χ4n) is 1.16. The quantitative estimate of drug-likeness (QED) is 0.907. The van der Waals surface area contributed by atoms with Crippen LogP contribution in [0.15, 0.2) is 21.2 Å². The number of halogens is 1. The zero-order chi connectivity index (χ0) is 12.1. The van der Waals surface area contributed by atoms with Gasteiger partial charge in [0.2, 0.25) is 5.91 Å². The molecule has 1 rings (SSSR count). The SMILES string of the molecule is CCN(CC(=O)NC)C(=O)c1ccc(Br)o1. The first-order valence-electron chi connectivity index (χ1n) is 4.83. The van der Waals surface area contributed by atoms with Crippen molar-refractivity contribution in [1.82, 2.24) is 10.2 Å². The number of likely N-dealkylation sites (N-methyl/N-ethyl adjacent to an activating group) is 2. The number of nitrogens with one attached hydrogen (secondary N) is 1. The summed E-state index contributed by atoms with van der Waals surface area (Å²) in [5.74, 6) is -0.282. The highest BCUT2D eigenvalue weighted by Gasteiger charge is 2.19. The van der Waals surface area contributed by atoms with Gasteiger partial charge in [0.15, 0.2) is 10.4 Å². The summed E-state index contributed by atoms with van der Waals surface area (Å²) in [4.78, 5) is 24.5. The van der Waals surface area contributed by atoms with Crippen molar-refractivity contribution in [3.05, 3.63) is 22.6 Å². The Morgan fingerprint density at radius 3 is 2.62 bits per heavy atom. The molecular formula is C10H13BrN2O3. The molecule has 0 fully saturated rings. The first-order valence-corrected chi connectivity index (χ1v) is 5.63. The van der Waals surface area contributed by atoms with Crippen LogP contribution in [0.2, 0.25) is 0 Å². The van der Waals surface area contributed by atoms with Crippen molar-refractivity contribution in [3.63, 3.8) is 0 Å². The van der Waals surface area contributed by atoms with Gasteiger partial charge in [0, 0.05) is 13.6 Å². The van der Waals surface area contributed by atoms with Crippen molar-refractivity contribution >= 4 is 27.7 Å². The molecule has 0 atom stereocenters. The van der Waals surface area contributed by atoms with Gasteiger partial charge in [-0.3, -0.25) is 9.59 Å². The standard InChI is InChI=1S/C10H13BrN2O3/c1-3-13(6-9(14)12-2)10(15)7-4-5-8(11)16-7/h4-5H,3,6H2,1-2H3,(H,12,14). The highest BCUT2D eigenvalue weighted by Crippen LogP contribution is 2.15. The molecule has 0 aliphatic heterocycles. The van der Waals surface area contributed by atoms with E-state index < -0.39 is 0 Å². The van der Waals surface area contributed by atoms with Crippen LogP contribution in [0.4, 0.5) is 0 Å². The van der Waals surface area contributed by atoms with E-state index in [0.29, 0.717) is 11.2 Å². The van der Waals surface area contributed by atoms with Crippen LogP contribution in [0.5, 0.6) is 0 Å². The first kappa shape index (κ1) is 12.8. The zero-order valence-corrected chi connectivity index (χ0v) is 10.7. The molecule has 16 heavy (non-hydrogen) atoms. The van der Waals surface area contributed by atoms with E-state index in [-0.39, 0.29) is 24.1 Å². The van der Waals surface area contributed by atoms with Gasteiger partial charge in [0.05, 0.1) is 6.54 Å². The maximum absolute atomic E-state index is 11.9. The van der Waals surface area contributed by atoms with Crippen LogP contribution in [0.3, 0.4) is 0 Å². The number of furan rings is 1. The molecule has 5 nitrogen and oxygen atoms in total. The summed E-state index contributed by atoms with van der Waals surface area (Å²) >= 11 is 3.12. The van der Waals surface area contributed by atoms with Crippen LogP contribution in [0.1, 0.15) is 17.5 Å². The van der Waals surface area contributed by atoms with Gasteiger partial charge in [-0.25, -0.2) is 0 Å². The Morgan fingerprint density at radius 1 is 1.50 bits per heavy atom. The summed E-state index contributed by atoms with van der Waals surface area (Å²) in [5.41, 5.74) is 0. The fraction of sp³-hybridized carbons (Fsp3) is 0.400. The molecule has 1 N–H and O–H groups in total. The molecular weight excluding hydrogens is 276 g/mol. The smallest absolute Gasteiger partial charge is 0.290 e. The Balaban J connectivity index is 2.73. The number of carbonyl (C=O) groups is 2. The number of amides is 2. The van der Waals surface area contributed by atoms with Crippen molar-refractivity contribution < 1.29 is 14.0 Å². The number of rotatable bonds is 4. The van der Waals surface area contributed by atoms with E-state index in [9.17, 15) is 9.59 Å². The van der Waals surface area contributed by atoms with Crippen LogP contribution in [0.25, 0.3) is 0 Å². The third-order valence-corrected chi connectivity index (χ3v) is 2.49. The molecule has 0 bridgehead atoms. The van der Waals surface area contributed by atoms with E-state index in [0.717, 1.165) is 0 Å². The lowest BCUT2D eigenvalue weighted by atomic mass is 10.3. The third-order valence-electron chi connectivity index (χ3n) is 2.07. The van der Waals surface area contributed by atoms with E-state index in [4.69, 9.17) is 4.42 Å². The normalized spacial score (nSPS) is 9.94. The van der Waals surface area contributed by atoms with Gasteiger partial charge in [0.1, 0.15) is 0 Å². The summed E-state index contributed by atoms with van der Waals surface area (Å²) in [5, 5.41) is 2.47. The highest BCUT2D eigenvalue weighted by atomic mass is 79.9. The first-order chi connectivity index (χ1) is 7.58. The minimum Gasteiger partial charge on any atom is -0.444 e. The van der Waals surface area contributed by atoms with E-state index in [1.54, 1.807) is 19.1 Å². The average Bonchev–Trinajstić information content (AvgIpc) is 2.71.